The van der Waals surface area contributed by atoms with Gasteiger partial charge in [-0.15, -0.1) is 0 Å². The van der Waals surface area contributed by atoms with Crippen molar-refractivity contribution < 1.29 is 23.1 Å². The third-order valence-electron chi connectivity index (χ3n) is 3.60. The molecule has 1 aromatic carbocycles. The Balaban J connectivity index is 2.53. The molecule has 0 aromatic heterocycles. The van der Waals surface area contributed by atoms with Crippen LogP contribution in [0.1, 0.15) is 37.6 Å². The van der Waals surface area contributed by atoms with Gasteiger partial charge in [0.25, 0.3) is 11.6 Å². The number of benzene rings is 1. The summed E-state index contributed by atoms with van der Waals surface area (Å²) in [5, 5.41) is 14.1. The molecule has 1 atom stereocenters. The molecule has 0 fully saturated rings. The van der Waals surface area contributed by atoms with Crippen LogP contribution in [0.15, 0.2) is 33.8 Å². The summed E-state index contributed by atoms with van der Waals surface area (Å²) < 4.78 is 40.5. The van der Waals surface area contributed by atoms with Crippen LogP contribution >= 0.6 is 15.9 Å². The standard InChI is InChI=1S/C15H16BrF3N2O2/c1-13(2,3)11-8-14(23,15(17,18)19)21(20-11)12(22)9-6-4-5-7-10(9)16/h4-7,23H,8H2,1-3H3. The molecule has 0 radical (unpaired) electrons. The van der Waals surface area contributed by atoms with Crippen molar-refractivity contribution in [2.45, 2.75) is 39.1 Å². The minimum atomic E-state index is -5.03. The summed E-state index contributed by atoms with van der Waals surface area (Å²) in [5.74, 6) is -1.02. The predicted molar refractivity (Wildman–Crippen MR) is 82.8 cm³/mol. The van der Waals surface area contributed by atoms with Crippen LogP contribution in [0, 0.1) is 5.41 Å². The maximum absolute atomic E-state index is 13.4. The van der Waals surface area contributed by atoms with Gasteiger partial charge in [0, 0.05) is 22.0 Å². The number of amides is 1. The first-order chi connectivity index (χ1) is 10.4. The SMILES string of the molecule is CC(C)(C)C1=NN(C(=O)c2ccccc2Br)C(O)(C(F)(F)F)C1. The Bertz CT molecular complexity index is 667. The first-order valence-corrected chi connectivity index (χ1v) is 7.63. The number of carbonyl (C=O) groups is 1. The van der Waals surface area contributed by atoms with E-state index in [0.29, 0.717) is 4.47 Å². The number of hydrogen-bond donors (Lipinski definition) is 1. The van der Waals surface area contributed by atoms with Crippen molar-refractivity contribution >= 4 is 27.5 Å². The van der Waals surface area contributed by atoms with E-state index in [0.717, 1.165) is 0 Å². The Morgan fingerprint density at radius 1 is 1.30 bits per heavy atom. The molecule has 126 valence electrons. The number of hydrazone groups is 1. The maximum Gasteiger partial charge on any atom is 0.438 e. The fraction of sp³-hybridized carbons (Fsp3) is 0.467. The largest absolute Gasteiger partial charge is 0.438 e. The summed E-state index contributed by atoms with van der Waals surface area (Å²) in [6.07, 6.45) is -5.80. The van der Waals surface area contributed by atoms with Gasteiger partial charge < -0.3 is 5.11 Å². The number of aliphatic hydroxyl groups is 1. The summed E-state index contributed by atoms with van der Waals surface area (Å²) in [4.78, 5) is 12.5. The second-order valence-electron chi connectivity index (χ2n) is 6.38. The Morgan fingerprint density at radius 3 is 2.35 bits per heavy atom. The molecule has 4 nitrogen and oxygen atoms in total. The van der Waals surface area contributed by atoms with E-state index in [4.69, 9.17) is 0 Å². The van der Waals surface area contributed by atoms with E-state index in [1.165, 1.54) is 18.2 Å². The molecule has 1 unspecified atom stereocenters. The molecule has 0 saturated heterocycles. The van der Waals surface area contributed by atoms with Gasteiger partial charge in [-0.2, -0.15) is 23.3 Å². The first-order valence-electron chi connectivity index (χ1n) is 6.84. The molecule has 1 aliphatic heterocycles. The van der Waals surface area contributed by atoms with Gasteiger partial charge >= 0.3 is 6.18 Å². The highest BCUT2D eigenvalue weighted by atomic mass is 79.9. The van der Waals surface area contributed by atoms with E-state index in [2.05, 4.69) is 21.0 Å². The highest BCUT2D eigenvalue weighted by molar-refractivity contribution is 9.10. The fourth-order valence-corrected chi connectivity index (χ4v) is 2.60. The first kappa shape index (κ1) is 17.9. The molecule has 0 saturated carbocycles. The number of rotatable bonds is 1. The summed E-state index contributed by atoms with van der Waals surface area (Å²) in [5.41, 5.74) is -3.95. The zero-order valence-electron chi connectivity index (χ0n) is 12.8. The van der Waals surface area contributed by atoms with E-state index in [9.17, 15) is 23.1 Å². The van der Waals surface area contributed by atoms with Crippen molar-refractivity contribution in [2.24, 2.45) is 10.5 Å². The molecular weight excluding hydrogens is 377 g/mol. The molecule has 0 spiro atoms. The lowest BCUT2D eigenvalue weighted by Gasteiger charge is -2.33. The highest BCUT2D eigenvalue weighted by Crippen LogP contribution is 2.44. The van der Waals surface area contributed by atoms with Gasteiger partial charge in [0.2, 0.25) is 0 Å². The minimum absolute atomic E-state index is 0.00548. The van der Waals surface area contributed by atoms with E-state index in [1.807, 2.05) is 0 Å². The molecule has 1 amide bonds. The van der Waals surface area contributed by atoms with Crippen molar-refractivity contribution in [3.63, 3.8) is 0 Å². The lowest BCUT2D eigenvalue weighted by molar-refractivity contribution is -0.297. The third kappa shape index (κ3) is 3.14. The van der Waals surface area contributed by atoms with E-state index >= 15 is 0 Å². The van der Waals surface area contributed by atoms with E-state index in [1.54, 1.807) is 26.8 Å². The van der Waals surface area contributed by atoms with Crippen molar-refractivity contribution in [1.29, 1.82) is 0 Å². The zero-order valence-corrected chi connectivity index (χ0v) is 14.4. The van der Waals surface area contributed by atoms with Gasteiger partial charge in [0.05, 0.1) is 5.56 Å². The molecule has 1 aliphatic rings. The van der Waals surface area contributed by atoms with Crippen molar-refractivity contribution in [2.75, 3.05) is 0 Å². The fourth-order valence-electron chi connectivity index (χ4n) is 2.14. The summed E-state index contributed by atoms with van der Waals surface area (Å²) >= 11 is 3.13. The summed E-state index contributed by atoms with van der Waals surface area (Å²) in [6, 6.07) is 6.05. The molecular formula is C15H16BrF3N2O2. The van der Waals surface area contributed by atoms with Crippen LogP contribution in [0.5, 0.6) is 0 Å². The molecule has 2 rings (SSSR count). The molecule has 1 N–H and O–H groups in total. The maximum atomic E-state index is 13.4. The van der Waals surface area contributed by atoms with Crippen LogP contribution in [0.4, 0.5) is 13.2 Å². The van der Waals surface area contributed by atoms with Crippen LogP contribution in [0.2, 0.25) is 0 Å². The second-order valence-corrected chi connectivity index (χ2v) is 7.24. The molecule has 0 bridgehead atoms. The number of halogens is 4. The van der Waals surface area contributed by atoms with Crippen LogP contribution in [-0.4, -0.2) is 33.6 Å². The van der Waals surface area contributed by atoms with Crippen molar-refractivity contribution in [3.05, 3.63) is 34.3 Å². The normalized spacial score (nSPS) is 22.3. The lowest BCUT2D eigenvalue weighted by atomic mass is 9.86. The molecule has 1 aromatic rings. The van der Waals surface area contributed by atoms with Crippen molar-refractivity contribution in [1.82, 2.24) is 5.01 Å². The monoisotopic (exact) mass is 392 g/mol. The average molecular weight is 393 g/mol. The van der Waals surface area contributed by atoms with Gasteiger partial charge in [-0.1, -0.05) is 32.9 Å². The lowest BCUT2D eigenvalue weighted by Crippen LogP contribution is -2.56. The van der Waals surface area contributed by atoms with Crippen LogP contribution in [0.25, 0.3) is 0 Å². The third-order valence-corrected chi connectivity index (χ3v) is 4.29. The number of alkyl halides is 3. The Morgan fingerprint density at radius 2 is 1.87 bits per heavy atom. The van der Waals surface area contributed by atoms with Gasteiger partial charge in [-0.3, -0.25) is 4.79 Å². The quantitative estimate of drug-likeness (QED) is 0.786. The predicted octanol–water partition coefficient (Wildman–Crippen LogP) is 3.95. The molecule has 8 heteroatoms. The number of carbonyl (C=O) groups excluding carboxylic acids is 1. The minimum Gasteiger partial charge on any atom is -0.362 e. The molecule has 23 heavy (non-hydrogen) atoms. The Labute approximate surface area is 140 Å². The smallest absolute Gasteiger partial charge is 0.362 e. The van der Waals surface area contributed by atoms with Crippen molar-refractivity contribution in [3.8, 4) is 0 Å². The molecule has 0 aliphatic carbocycles. The van der Waals surface area contributed by atoms with E-state index in [-0.39, 0.29) is 16.3 Å². The number of nitrogens with zero attached hydrogens (tertiary/aromatic N) is 2. The second kappa shape index (κ2) is 5.59. The summed E-state index contributed by atoms with van der Waals surface area (Å²) in [6.45, 7) is 5.03. The summed E-state index contributed by atoms with van der Waals surface area (Å²) in [7, 11) is 0. The van der Waals surface area contributed by atoms with Gasteiger partial charge in [0.15, 0.2) is 0 Å². The van der Waals surface area contributed by atoms with E-state index < -0.39 is 29.6 Å². The Kier molecular flexibility index (Phi) is 4.36. The molecule has 1 heterocycles. The number of hydrogen-bond acceptors (Lipinski definition) is 3. The van der Waals surface area contributed by atoms with Crippen LogP contribution < -0.4 is 0 Å². The van der Waals surface area contributed by atoms with Gasteiger partial charge in [0.1, 0.15) is 0 Å². The van der Waals surface area contributed by atoms with Gasteiger partial charge in [-0.05, 0) is 28.1 Å². The van der Waals surface area contributed by atoms with Crippen LogP contribution in [-0.2, 0) is 0 Å². The topological polar surface area (TPSA) is 52.9 Å². The Hall–Kier alpha value is -1.41. The highest BCUT2D eigenvalue weighted by Gasteiger charge is 2.64. The van der Waals surface area contributed by atoms with Crippen LogP contribution in [0.3, 0.4) is 0 Å². The van der Waals surface area contributed by atoms with Gasteiger partial charge in [-0.25, -0.2) is 0 Å². The zero-order chi connectivity index (χ0) is 17.6. The average Bonchev–Trinajstić information content (AvgIpc) is 2.77.